The van der Waals surface area contributed by atoms with Gasteiger partial charge in [-0.25, -0.2) is 0 Å². The quantitative estimate of drug-likeness (QED) is 0.0381. The molecule has 2 saturated heterocycles. The molecule has 4 aromatic carbocycles. The van der Waals surface area contributed by atoms with Gasteiger partial charge < -0.3 is 52.9 Å². The molecule has 0 saturated carbocycles. The fourth-order valence-corrected chi connectivity index (χ4v) is 12.7. The highest BCUT2D eigenvalue weighted by Gasteiger charge is 2.48. The van der Waals surface area contributed by atoms with Crippen LogP contribution in [0.3, 0.4) is 0 Å². The molecular weight excluding hydrogens is 1330 g/mol. The molecule has 8 heterocycles. The fourth-order valence-electron chi connectivity index (χ4n) is 12.7. The molecule has 29 nitrogen and oxygen atoms in total. The molecule has 0 spiro atoms. The number of aryl methyl sites for hydroxylation is 2. The first-order valence-electron chi connectivity index (χ1n) is 33.0. The summed E-state index contributed by atoms with van der Waals surface area (Å²) in [6.45, 7) is 1.23. The summed E-state index contributed by atoms with van der Waals surface area (Å²) in [5.41, 5.74) is 5.27. The van der Waals surface area contributed by atoms with Crippen LogP contribution in [0.25, 0.3) is 43.8 Å². The number of carbonyl (C=O) groups excluding carboxylic acids is 9. The van der Waals surface area contributed by atoms with Crippen LogP contribution in [0.4, 0.5) is 0 Å². The van der Waals surface area contributed by atoms with Gasteiger partial charge in [0.2, 0.25) is 29.5 Å². The number of nitrogens with one attached hydrogen (secondary N) is 3. The SMILES string of the molecule is CNCc1c(OC)cc(-c2cn(C)c(=O)c3cnccc23)cc1OC.COc1cc(-c2cn(C)c(=O)c3cnccc23)cc(OC)c1CN(C)C(=O)CCCCOc1cccc2c1C(=O)N(C1CCC(=O)NC1=O)C2=O.O=C(O)CCCCOc1cccc2c1C(=O)N(C1CCC(=O)NC1=O)C2=O. The Kier molecular flexibility index (Phi) is 23.2. The highest BCUT2D eigenvalue weighted by atomic mass is 16.5. The number of ether oxygens (including phenoxy) is 6. The van der Waals surface area contributed by atoms with E-state index in [1.165, 1.54) is 16.7 Å². The summed E-state index contributed by atoms with van der Waals surface area (Å²) in [6, 6.07) is 18.5. The first kappa shape index (κ1) is 73.6. The van der Waals surface area contributed by atoms with E-state index >= 15 is 0 Å². The molecule has 4 aliphatic rings. The van der Waals surface area contributed by atoms with Crippen LogP contribution in [0.1, 0.15) is 117 Å². The van der Waals surface area contributed by atoms with Gasteiger partial charge in [-0.1, -0.05) is 12.1 Å². The second-order valence-corrected chi connectivity index (χ2v) is 24.5. The zero-order valence-corrected chi connectivity index (χ0v) is 57.9. The molecule has 103 heavy (non-hydrogen) atoms. The molecule has 4 aromatic heterocycles. The summed E-state index contributed by atoms with van der Waals surface area (Å²) in [5.74, 6) is -2.76. The molecule has 12 rings (SSSR count). The van der Waals surface area contributed by atoms with Crippen molar-refractivity contribution in [1.82, 2.24) is 49.8 Å². The van der Waals surface area contributed by atoms with Crippen LogP contribution in [0.5, 0.6) is 34.5 Å². The second-order valence-electron chi connectivity index (χ2n) is 24.5. The van der Waals surface area contributed by atoms with Crippen LogP contribution >= 0.6 is 0 Å². The Morgan fingerprint density at radius 1 is 0.544 bits per heavy atom. The number of methoxy groups -OCH3 is 4. The summed E-state index contributed by atoms with van der Waals surface area (Å²) >= 11 is 0. The highest BCUT2D eigenvalue weighted by Crippen LogP contribution is 2.41. The maximum Gasteiger partial charge on any atom is 0.303 e. The Morgan fingerprint density at radius 2 is 0.961 bits per heavy atom. The molecule has 0 aliphatic carbocycles. The molecule has 9 amide bonds. The van der Waals surface area contributed by atoms with Gasteiger partial charge in [-0.05, 0) is 128 Å². The zero-order valence-electron chi connectivity index (χ0n) is 57.9. The first-order chi connectivity index (χ1) is 49.5. The minimum absolute atomic E-state index is 0.0248. The summed E-state index contributed by atoms with van der Waals surface area (Å²) < 4.78 is 37.2. The number of pyridine rings is 4. The monoisotopic (exact) mass is 1410 g/mol. The van der Waals surface area contributed by atoms with E-state index in [9.17, 15) is 57.5 Å². The molecule has 2 fully saturated rings. The smallest absolute Gasteiger partial charge is 0.303 e. The Balaban J connectivity index is 0.000000184. The number of unbranched alkanes of at least 4 members (excludes halogenated alkanes) is 2. The van der Waals surface area contributed by atoms with Crippen LogP contribution < -0.4 is 55.5 Å². The first-order valence-corrected chi connectivity index (χ1v) is 33.0. The van der Waals surface area contributed by atoms with Gasteiger partial charge in [-0.15, -0.1) is 0 Å². The van der Waals surface area contributed by atoms with Crippen molar-refractivity contribution in [3.05, 3.63) is 164 Å². The number of imide groups is 4. The Bertz CT molecular complexity index is 4800. The van der Waals surface area contributed by atoms with Gasteiger partial charge in [0.1, 0.15) is 46.6 Å². The number of carbonyl (C=O) groups is 10. The van der Waals surface area contributed by atoms with Gasteiger partial charge in [0.25, 0.3) is 34.7 Å². The van der Waals surface area contributed by atoms with Crippen molar-refractivity contribution in [3.8, 4) is 56.8 Å². The van der Waals surface area contributed by atoms with Crippen molar-refractivity contribution < 1.29 is 81.5 Å². The minimum Gasteiger partial charge on any atom is -0.496 e. The van der Waals surface area contributed by atoms with Gasteiger partial charge >= 0.3 is 5.97 Å². The predicted molar refractivity (Wildman–Crippen MR) is 373 cm³/mol. The van der Waals surface area contributed by atoms with Crippen LogP contribution in [0.15, 0.2) is 120 Å². The van der Waals surface area contributed by atoms with Gasteiger partial charge in [0.05, 0.1) is 86.8 Å². The van der Waals surface area contributed by atoms with Gasteiger partial charge in [0, 0.05) is 107 Å². The van der Waals surface area contributed by atoms with E-state index in [0.29, 0.717) is 60.1 Å². The molecule has 8 aromatic rings. The standard InChI is InChI=1S/C37H37N5O9.C19H21N3O3.C18H18N2O7/c1-40(20-26-29(49-3)16-21(17-30(26)50-4)25-19-41(2)35(46)24-18-38-14-13-22(24)25)32(44)10-5-6-15-51-28-9-7-8-23-33(28)37(48)42(36(23)47)27-11-12-31(43)39-34(27)45;1-20-9-15-17(24-3)7-12(8-18(15)25-4)16-11-22(2)19(23)14-10-21-6-5-13(14)16;21-13-8-7-11(16(24)19-13)20-17(25)10-4-3-5-12(15(10)18(20)26)27-9-2-1-6-14(22)23/h7-9,13-14,16-19,27H,5-6,10-12,15,20H2,1-4H3,(H,39,43,45);5-8,10-11,20H,9H2,1-4H3;3-5,11H,1-2,6-9H2,(H,22,23)(H,19,21,24). The van der Waals surface area contributed by atoms with E-state index in [-0.39, 0.29) is 109 Å². The van der Waals surface area contributed by atoms with Crippen molar-refractivity contribution in [2.24, 2.45) is 14.1 Å². The van der Waals surface area contributed by atoms with E-state index in [1.807, 2.05) is 43.6 Å². The molecule has 2 unspecified atom stereocenters. The number of hydrogen-bond donors (Lipinski definition) is 4. The average molecular weight is 1410 g/mol. The van der Waals surface area contributed by atoms with E-state index in [4.69, 9.17) is 33.5 Å². The lowest BCUT2D eigenvalue weighted by Gasteiger charge is -2.27. The average Bonchev–Trinajstić information content (AvgIpc) is 0.825. The number of piperidine rings is 2. The summed E-state index contributed by atoms with van der Waals surface area (Å²) in [6.07, 6.45) is 12.4. The second kappa shape index (κ2) is 32.5. The third kappa shape index (κ3) is 15.6. The molecule has 536 valence electrons. The van der Waals surface area contributed by atoms with Crippen LogP contribution in [-0.4, -0.2) is 166 Å². The molecule has 0 radical (unpaired) electrons. The number of hydrogen-bond acceptors (Lipinski definition) is 21. The van der Waals surface area contributed by atoms with Gasteiger partial charge in [0.15, 0.2) is 0 Å². The van der Waals surface area contributed by atoms with Gasteiger partial charge in [-0.2, -0.15) is 0 Å². The number of fused-ring (bicyclic) bond motifs is 4. The Morgan fingerprint density at radius 3 is 1.36 bits per heavy atom. The number of carboxylic acids is 1. The number of nitrogens with zero attached hydrogens (tertiary/aromatic N) is 7. The number of carboxylic acid groups (broad SMARTS) is 1. The normalized spacial score (nSPS) is 15.3. The number of benzene rings is 4. The molecular formula is C74H76N10O19. The van der Waals surface area contributed by atoms with Crippen molar-refractivity contribution in [1.29, 1.82) is 0 Å². The molecule has 0 bridgehead atoms. The van der Waals surface area contributed by atoms with Crippen molar-refractivity contribution in [2.75, 3.05) is 55.7 Å². The number of aromatic nitrogens is 4. The number of rotatable bonds is 24. The summed E-state index contributed by atoms with van der Waals surface area (Å²) in [4.78, 5) is 159. The van der Waals surface area contributed by atoms with Crippen molar-refractivity contribution in [3.63, 3.8) is 0 Å². The van der Waals surface area contributed by atoms with Crippen LogP contribution in [0, 0.1) is 0 Å². The summed E-state index contributed by atoms with van der Waals surface area (Å²) in [7, 11) is 13.4. The topological polar surface area (TPSA) is 362 Å². The minimum atomic E-state index is -1.07. The van der Waals surface area contributed by atoms with E-state index in [2.05, 4.69) is 25.9 Å². The molecule has 29 heteroatoms. The van der Waals surface area contributed by atoms with E-state index < -0.39 is 65.3 Å². The molecule has 4 aliphatic heterocycles. The lowest BCUT2D eigenvalue weighted by Crippen LogP contribution is -2.54. The third-order valence-electron chi connectivity index (χ3n) is 17.9. The van der Waals surface area contributed by atoms with E-state index in [0.717, 1.165) is 59.9 Å². The lowest BCUT2D eigenvalue weighted by atomic mass is 9.99. The Hall–Kier alpha value is -12.1. The van der Waals surface area contributed by atoms with Crippen molar-refractivity contribution in [2.45, 2.75) is 89.4 Å². The number of amides is 9. The van der Waals surface area contributed by atoms with Crippen LogP contribution in [-0.2, 0) is 56.0 Å². The molecule has 2 atom stereocenters. The third-order valence-corrected chi connectivity index (χ3v) is 17.9. The van der Waals surface area contributed by atoms with Gasteiger partial charge in [-0.3, -0.25) is 87.9 Å². The van der Waals surface area contributed by atoms with Crippen LogP contribution in [0.2, 0.25) is 0 Å². The fraction of sp³-hybridized carbons (Fsp3) is 0.324. The number of aliphatic carboxylic acids is 1. The van der Waals surface area contributed by atoms with E-state index in [1.54, 1.807) is 120 Å². The largest absolute Gasteiger partial charge is 0.496 e. The summed E-state index contributed by atoms with van der Waals surface area (Å²) in [5, 5.41) is 18.7. The highest BCUT2D eigenvalue weighted by molar-refractivity contribution is 6.25. The molecule has 4 N–H and O–H groups in total. The lowest BCUT2D eigenvalue weighted by molar-refractivity contribution is -0.138. The zero-order chi connectivity index (χ0) is 73.9. The Labute approximate surface area is 589 Å². The predicted octanol–water partition coefficient (Wildman–Crippen LogP) is 6.29. The van der Waals surface area contributed by atoms with Crippen molar-refractivity contribution >= 4 is 80.7 Å². The maximum atomic E-state index is 13.3. The maximum absolute atomic E-state index is 13.3.